The van der Waals surface area contributed by atoms with Gasteiger partial charge in [0.15, 0.2) is 12.4 Å². The van der Waals surface area contributed by atoms with E-state index in [2.05, 4.69) is 0 Å². The summed E-state index contributed by atoms with van der Waals surface area (Å²) in [6, 6.07) is 7.57. The van der Waals surface area contributed by atoms with Crippen molar-refractivity contribution in [3.63, 3.8) is 0 Å². The minimum atomic E-state index is -4.60. The van der Waals surface area contributed by atoms with E-state index in [-0.39, 0.29) is 21.8 Å². The second-order valence-corrected chi connectivity index (χ2v) is 5.82. The predicted octanol–water partition coefficient (Wildman–Crippen LogP) is 4.71. The predicted molar refractivity (Wildman–Crippen MR) is 93.9 cm³/mol. The third kappa shape index (κ3) is 5.65. The Hall–Kier alpha value is -3.20. The van der Waals surface area contributed by atoms with E-state index in [9.17, 15) is 32.9 Å². The summed E-state index contributed by atoms with van der Waals surface area (Å²) in [5.41, 5.74) is -1.30. The van der Waals surface area contributed by atoms with Gasteiger partial charge in [-0.05, 0) is 29.8 Å². The standard InChI is InChI=1S/C18H11ClF3NO5/c19-14-6-4-11(8-15(14)23(26)27)5-7-17(25)28-10-16(24)12-2-1-3-13(9-12)18(20,21)22/h1-9H,10H2/b7-5+. The summed E-state index contributed by atoms with van der Waals surface area (Å²) in [6.45, 7) is -0.759. The number of Topliss-reactive ketones (excluding diaryl/α,β-unsaturated/α-hetero) is 1. The van der Waals surface area contributed by atoms with E-state index < -0.39 is 35.0 Å². The monoisotopic (exact) mass is 413 g/mol. The molecule has 0 bridgehead atoms. The fourth-order valence-corrected chi connectivity index (χ4v) is 2.26. The number of hydrogen-bond acceptors (Lipinski definition) is 5. The molecule has 0 aliphatic carbocycles. The lowest BCUT2D eigenvalue weighted by molar-refractivity contribution is -0.384. The van der Waals surface area contributed by atoms with E-state index in [0.29, 0.717) is 6.07 Å². The van der Waals surface area contributed by atoms with Crippen LogP contribution in [0.4, 0.5) is 18.9 Å². The third-order valence-electron chi connectivity index (χ3n) is 3.44. The second kappa shape index (κ2) is 8.66. The van der Waals surface area contributed by atoms with Gasteiger partial charge in [0.25, 0.3) is 5.69 Å². The number of rotatable bonds is 6. The fraction of sp³-hybridized carbons (Fsp3) is 0.111. The fourth-order valence-electron chi connectivity index (χ4n) is 2.07. The number of alkyl halides is 3. The van der Waals surface area contributed by atoms with E-state index in [1.807, 2.05) is 0 Å². The molecule has 0 atom stereocenters. The summed E-state index contributed by atoms with van der Waals surface area (Å²) in [5.74, 6) is -1.76. The Morgan fingerprint density at radius 3 is 2.54 bits per heavy atom. The number of nitro groups is 1. The van der Waals surface area contributed by atoms with Crippen LogP contribution >= 0.6 is 11.6 Å². The normalized spacial score (nSPS) is 11.4. The van der Waals surface area contributed by atoms with Crippen LogP contribution in [0.5, 0.6) is 0 Å². The Morgan fingerprint density at radius 1 is 1.18 bits per heavy atom. The number of carbonyl (C=O) groups is 2. The van der Waals surface area contributed by atoms with Crippen molar-refractivity contribution in [2.75, 3.05) is 6.61 Å². The Labute approximate surface area is 161 Å². The highest BCUT2D eigenvalue weighted by Gasteiger charge is 2.30. The van der Waals surface area contributed by atoms with Gasteiger partial charge in [0, 0.05) is 17.7 Å². The number of ether oxygens (including phenoxy) is 1. The molecular weight excluding hydrogens is 403 g/mol. The number of esters is 1. The number of nitrogens with zero attached hydrogens (tertiary/aromatic N) is 1. The van der Waals surface area contributed by atoms with Gasteiger partial charge in [-0.2, -0.15) is 13.2 Å². The molecule has 0 amide bonds. The highest BCUT2D eigenvalue weighted by atomic mass is 35.5. The minimum Gasteiger partial charge on any atom is -0.454 e. The lowest BCUT2D eigenvalue weighted by Gasteiger charge is -2.08. The largest absolute Gasteiger partial charge is 0.454 e. The van der Waals surface area contributed by atoms with Crippen molar-refractivity contribution in [1.29, 1.82) is 0 Å². The lowest BCUT2D eigenvalue weighted by Crippen LogP contribution is -2.14. The van der Waals surface area contributed by atoms with Crippen LogP contribution in [0.3, 0.4) is 0 Å². The van der Waals surface area contributed by atoms with Crippen LogP contribution in [0.25, 0.3) is 6.08 Å². The average molecular weight is 414 g/mol. The van der Waals surface area contributed by atoms with Crippen molar-refractivity contribution >= 4 is 35.1 Å². The van der Waals surface area contributed by atoms with Crippen LogP contribution in [0, 0.1) is 10.1 Å². The quantitative estimate of drug-likeness (QED) is 0.225. The van der Waals surface area contributed by atoms with E-state index in [1.165, 1.54) is 24.3 Å². The first-order valence-corrected chi connectivity index (χ1v) is 7.95. The first kappa shape index (κ1) is 21.1. The topological polar surface area (TPSA) is 86.5 Å². The van der Waals surface area contributed by atoms with Crippen molar-refractivity contribution in [2.24, 2.45) is 0 Å². The van der Waals surface area contributed by atoms with Crippen LogP contribution in [0.1, 0.15) is 21.5 Å². The van der Waals surface area contributed by atoms with Crippen molar-refractivity contribution in [2.45, 2.75) is 6.18 Å². The molecule has 0 radical (unpaired) electrons. The first-order valence-electron chi connectivity index (χ1n) is 7.57. The van der Waals surface area contributed by atoms with Gasteiger partial charge in [-0.15, -0.1) is 0 Å². The van der Waals surface area contributed by atoms with Crippen molar-refractivity contribution in [3.05, 3.63) is 80.4 Å². The van der Waals surface area contributed by atoms with Crippen molar-refractivity contribution in [1.82, 2.24) is 0 Å². The van der Waals surface area contributed by atoms with Crippen LogP contribution < -0.4 is 0 Å². The van der Waals surface area contributed by atoms with E-state index >= 15 is 0 Å². The van der Waals surface area contributed by atoms with E-state index in [1.54, 1.807) is 0 Å². The lowest BCUT2D eigenvalue weighted by atomic mass is 10.1. The zero-order valence-electron chi connectivity index (χ0n) is 13.9. The van der Waals surface area contributed by atoms with E-state index in [0.717, 1.165) is 24.3 Å². The highest BCUT2D eigenvalue weighted by Crippen LogP contribution is 2.29. The van der Waals surface area contributed by atoms with Gasteiger partial charge in [-0.25, -0.2) is 4.79 Å². The van der Waals surface area contributed by atoms with Gasteiger partial charge >= 0.3 is 12.1 Å². The zero-order chi connectivity index (χ0) is 20.9. The van der Waals surface area contributed by atoms with Gasteiger partial charge in [0.1, 0.15) is 5.02 Å². The summed E-state index contributed by atoms with van der Waals surface area (Å²) in [7, 11) is 0. The summed E-state index contributed by atoms with van der Waals surface area (Å²) < 4.78 is 42.7. The molecule has 0 saturated heterocycles. The van der Waals surface area contributed by atoms with Gasteiger partial charge in [0.05, 0.1) is 10.5 Å². The molecule has 0 spiro atoms. The molecule has 10 heteroatoms. The maximum Gasteiger partial charge on any atom is 0.416 e. The van der Waals surface area contributed by atoms with E-state index in [4.69, 9.17) is 16.3 Å². The molecular formula is C18H11ClF3NO5. The van der Waals surface area contributed by atoms with Crippen LogP contribution in [-0.2, 0) is 15.7 Å². The number of benzene rings is 2. The first-order chi connectivity index (χ1) is 13.1. The zero-order valence-corrected chi connectivity index (χ0v) is 14.7. The number of nitro benzene ring substituents is 1. The second-order valence-electron chi connectivity index (χ2n) is 5.41. The molecule has 6 nitrogen and oxygen atoms in total. The van der Waals surface area contributed by atoms with Crippen molar-refractivity contribution in [3.8, 4) is 0 Å². The molecule has 0 aliphatic heterocycles. The van der Waals surface area contributed by atoms with Crippen LogP contribution in [0.15, 0.2) is 48.5 Å². The summed E-state index contributed by atoms with van der Waals surface area (Å²) in [5, 5.41) is 10.7. The molecule has 0 heterocycles. The molecule has 0 saturated carbocycles. The maximum atomic E-state index is 12.7. The number of carbonyl (C=O) groups excluding carboxylic acids is 2. The molecule has 2 rings (SSSR count). The molecule has 0 fully saturated rings. The SMILES string of the molecule is O=C(/C=C/c1ccc(Cl)c([N+](=O)[O-])c1)OCC(=O)c1cccc(C(F)(F)F)c1. The Kier molecular flexibility index (Phi) is 6.53. The van der Waals surface area contributed by atoms with Gasteiger partial charge in [0.2, 0.25) is 0 Å². The van der Waals surface area contributed by atoms with Gasteiger partial charge in [-0.1, -0.05) is 29.8 Å². The van der Waals surface area contributed by atoms with Crippen molar-refractivity contribution < 1.29 is 32.4 Å². The molecule has 146 valence electrons. The van der Waals surface area contributed by atoms with Crippen LogP contribution in [0.2, 0.25) is 5.02 Å². The molecule has 0 aliphatic rings. The third-order valence-corrected chi connectivity index (χ3v) is 3.76. The average Bonchev–Trinajstić information content (AvgIpc) is 2.64. The maximum absolute atomic E-state index is 12.7. The Morgan fingerprint density at radius 2 is 1.89 bits per heavy atom. The summed E-state index contributed by atoms with van der Waals surface area (Å²) >= 11 is 5.67. The smallest absolute Gasteiger partial charge is 0.416 e. The molecule has 28 heavy (non-hydrogen) atoms. The summed E-state index contributed by atoms with van der Waals surface area (Å²) in [4.78, 5) is 33.7. The minimum absolute atomic E-state index is 0.0728. The Balaban J connectivity index is 1.99. The van der Waals surface area contributed by atoms with Crippen LogP contribution in [-0.4, -0.2) is 23.3 Å². The number of halogens is 4. The number of ketones is 1. The highest BCUT2D eigenvalue weighted by molar-refractivity contribution is 6.32. The molecule has 0 unspecified atom stereocenters. The van der Waals surface area contributed by atoms with Gasteiger partial charge < -0.3 is 4.74 Å². The molecule has 0 N–H and O–H groups in total. The molecule has 2 aromatic carbocycles. The van der Waals surface area contributed by atoms with Gasteiger partial charge in [-0.3, -0.25) is 14.9 Å². The summed E-state index contributed by atoms with van der Waals surface area (Å²) in [6.07, 6.45) is -2.47. The molecule has 2 aromatic rings. The Bertz CT molecular complexity index is 956. The molecule has 0 aromatic heterocycles. The number of hydrogen-bond donors (Lipinski definition) is 0.